The summed E-state index contributed by atoms with van der Waals surface area (Å²) in [6.45, 7) is -0.657. The van der Waals surface area contributed by atoms with Crippen LogP contribution in [0.1, 0.15) is 33.6 Å². The Kier molecular flexibility index (Phi) is 8.00. The van der Waals surface area contributed by atoms with Crippen LogP contribution in [0.15, 0.2) is 10.2 Å². The van der Waals surface area contributed by atoms with E-state index in [0.29, 0.717) is 0 Å². The molecule has 0 heterocycles. The molecule has 1 amide bonds. The number of benzene rings is 2. The van der Waals surface area contributed by atoms with E-state index in [9.17, 15) is 44.7 Å². The van der Waals surface area contributed by atoms with Crippen LogP contribution >= 0.6 is 0 Å². The lowest BCUT2D eigenvalue weighted by Crippen LogP contribution is -2.28. The van der Waals surface area contributed by atoms with Gasteiger partial charge in [0.1, 0.15) is 16.9 Å². The van der Waals surface area contributed by atoms with E-state index in [-0.39, 0.29) is 0 Å². The van der Waals surface area contributed by atoms with Crippen molar-refractivity contribution in [1.29, 1.82) is 0 Å². The molecule has 178 valence electrons. The molecule has 0 aliphatic heterocycles. The lowest BCUT2D eigenvalue weighted by molar-refractivity contribution is 0.0926. The molecule has 0 spiro atoms. The molecule has 17 heteroatoms. The third-order valence-corrected chi connectivity index (χ3v) is 4.14. The summed E-state index contributed by atoms with van der Waals surface area (Å²) in [7, 11) is 0. The molecule has 0 radical (unpaired) electrons. The second-order valence-corrected chi connectivity index (χ2v) is 6.12. The number of hydrogen-bond donors (Lipinski definition) is 1. The van der Waals surface area contributed by atoms with Crippen LogP contribution in [0.4, 0.5) is 46.5 Å². The minimum absolute atomic E-state index is 0.518. The van der Waals surface area contributed by atoms with E-state index in [1.54, 1.807) is 5.32 Å². The van der Waals surface area contributed by atoms with Crippen molar-refractivity contribution in [2.45, 2.75) is 12.8 Å². The third kappa shape index (κ3) is 4.69. The van der Waals surface area contributed by atoms with E-state index < -0.39 is 100 Å². The molecule has 0 aliphatic carbocycles. The van der Waals surface area contributed by atoms with Gasteiger partial charge in [-0.3, -0.25) is 9.59 Å². The first-order valence-electron chi connectivity index (χ1n) is 8.62. The van der Waals surface area contributed by atoms with Gasteiger partial charge in [-0.1, -0.05) is 10.2 Å². The summed E-state index contributed by atoms with van der Waals surface area (Å²) in [5.41, 5.74) is 9.67. The maximum Gasteiger partial charge on any atom is 0.257 e. The monoisotopic (exact) mass is 493 g/mol. The van der Waals surface area contributed by atoms with Gasteiger partial charge in [-0.25, -0.2) is 35.1 Å². The Morgan fingerprint density at radius 3 is 1.44 bits per heavy atom. The molecule has 2 aromatic rings. The lowest BCUT2D eigenvalue weighted by Gasteiger charge is -2.11. The molecule has 0 bridgehead atoms. The maximum absolute atomic E-state index is 13.9. The molecule has 9 nitrogen and oxygen atoms in total. The third-order valence-electron chi connectivity index (χ3n) is 4.14. The molecule has 0 unspecified atom stereocenters. The quantitative estimate of drug-likeness (QED) is 0.0905. The van der Waals surface area contributed by atoms with Crippen molar-refractivity contribution in [2.24, 2.45) is 10.2 Å². The summed E-state index contributed by atoms with van der Waals surface area (Å²) < 4.78 is 111. The summed E-state index contributed by atoms with van der Waals surface area (Å²) in [5, 5.41) is 6.66. The SMILES string of the molecule is [N-]=[N+]=Nc1c(F)c(F)c(C(=O)CCCNC(=O)c2c(F)c(F)c(N=[N+]=[N-])c(F)c2F)c(F)c1F. The first-order valence-corrected chi connectivity index (χ1v) is 8.62. The predicted molar refractivity (Wildman–Crippen MR) is 96.1 cm³/mol. The summed E-state index contributed by atoms with van der Waals surface area (Å²) in [6, 6.07) is 0. The average Bonchev–Trinajstić information content (AvgIpc) is 2.80. The molecule has 2 rings (SSSR count). The summed E-state index contributed by atoms with van der Waals surface area (Å²) in [6.07, 6.45) is -1.38. The second kappa shape index (κ2) is 10.5. The van der Waals surface area contributed by atoms with Gasteiger partial charge in [-0.2, -0.15) is 0 Å². The molecule has 0 aliphatic rings. The van der Waals surface area contributed by atoms with Gasteiger partial charge in [0.2, 0.25) is 0 Å². The van der Waals surface area contributed by atoms with Gasteiger partial charge >= 0.3 is 0 Å². The van der Waals surface area contributed by atoms with E-state index in [1.165, 1.54) is 0 Å². The smallest absolute Gasteiger partial charge is 0.257 e. The van der Waals surface area contributed by atoms with Crippen LogP contribution in [0.3, 0.4) is 0 Å². The van der Waals surface area contributed by atoms with Gasteiger partial charge < -0.3 is 5.32 Å². The zero-order valence-electron chi connectivity index (χ0n) is 16.1. The van der Waals surface area contributed by atoms with E-state index in [0.717, 1.165) is 0 Å². The number of Topliss-reactive ketones (excluding diaryl/α,β-unsaturated/α-hetero) is 1. The van der Waals surface area contributed by atoms with E-state index >= 15 is 0 Å². The zero-order valence-corrected chi connectivity index (χ0v) is 16.1. The second-order valence-electron chi connectivity index (χ2n) is 6.12. The molecule has 1 N–H and O–H groups in total. The molecule has 0 atom stereocenters. The maximum atomic E-state index is 13.9. The topological polar surface area (TPSA) is 144 Å². The van der Waals surface area contributed by atoms with Crippen LogP contribution in [0.5, 0.6) is 0 Å². The first kappa shape index (κ1) is 25.9. The van der Waals surface area contributed by atoms with E-state index in [2.05, 4.69) is 10.2 Å². The van der Waals surface area contributed by atoms with Gasteiger partial charge in [0.25, 0.3) is 5.91 Å². The number of amides is 1. The number of nitrogens with zero attached hydrogens (tertiary/aromatic N) is 6. The zero-order chi connectivity index (χ0) is 25.7. The van der Waals surface area contributed by atoms with Crippen molar-refractivity contribution in [3.05, 3.63) is 78.6 Å². The Hall–Kier alpha value is -4.36. The lowest BCUT2D eigenvalue weighted by atomic mass is 10.0. The summed E-state index contributed by atoms with van der Waals surface area (Å²) in [5.74, 6) is -20.5. The Bertz CT molecular complexity index is 1150. The molecule has 0 saturated heterocycles. The molecule has 2 aromatic carbocycles. The summed E-state index contributed by atoms with van der Waals surface area (Å²) >= 11 is 0. The number of carbonyl (C=O) groups is 2. The number of ketones is 1. The molecular formula is C17H7F8N7O2. The minimum Gasteiger partial charge on any atom is -0.352 e. The van der Waals surface area contributed by atoms with Crippen molar-refractivity contribution in [3.8, 4) is 0 Å². The molecule has 0 aromatic heterocycles. The Labute approximate surface area is 182 Å². The van der Waals surface area contributed by atoms with Crippen LogP contribution in [0, 0.1) is 46.5 Å². The molecule has 0 fully saturated rings. The predicted octanol–water partition coefficient (Wildman–Crippen LogP) is 6.08. The van der Waals surface area contributed by atoms with E-state index in [1.807, 2.05) is 9.82 Å². The van der Waals surface area contributed by atoms with Crippen LogP contribution in [0.2, 0.25) is 0 Å². The summed E-state index contributed by atoms with van der Waals surface area (Å²) in [4.78, 5) is 27.9. The molecule has 34 heavy (non-hydrogen) atoms. The number of rotatable bonds is 8. The highest BCUT2D eigenvalue weighted by Crippen LogP contribution is 2.32. The first-order chi connectivity index (χ1) is 16.0. The number of hydrogen-bond acceptors (Lipinski definition) is 4. The number of azide groups is 2. The van der Waals surface area contributed by atoms with Gasteiger partial charge in [0.15, 0.2) is 52.3 Å². The molecule has 0 saturated carbocycles. The Morgan fingerprint density at radius 1 is 0.676 bits per heavy atom. The highest BCUT2D eigenvalue weighted by atomic mass is 19.2. The van der Waals surface area contributed by atoms with Crippen LogP contribution in [-0.4, -0.2) is 18.2 Å². The fourth-order valence-electron chi connectivity index (χ4n) is 2.61. The number of carbonyl (C=O) groups excluding carboxylic acids is 2. The Balaban J connectivity index is 2.16. The highest BCUT2D eigenvalue weighted by Gasteiger charge is 2.30. The van der Waals surface area contributed by atoms with Gasteiger partial charge in [0.05, 0.1) is 5.56 Å². The van der Waals surface area contributed by atoms with Gasteiger partial charge in [0, 0.05) is 22.8 Å². The van der Waals surface area contributed by atoms with Crippen molar-refractivity contribution < 1.29 is 44.7 Å². The fraction of sp³-hybridized carbons (Fsp3) is 0.176. The fourth-order valence-corrected chi connectivity index (χ4v) is 2.61. The standard InChI is InChI=1S/C17H7F8N7O2/c18-7-5(8(19)12(23)15(11(7)22)29-31-26)4(33)2-1-3-28-17(34)6-9(20)13(24)16(30-32-27)14(25)10(6)21/h1-3H2,(H,28,34). The number of halogens is 8. The Morgan fingerprint density at radius 2 is 1.06 bits per heavy atom. The highest BCUT2D eigenvalue weighted by molar-refractivity contribution is 5.97. The van der Waals surface area contributed by atoms with Crippen molar-refractivity contribution >= 4 is 23.1 Å². The van der Waals surface area contributed by atoms with Crippen LogP contribution < -0.4 is 5.32 Å². The molecular weight excluding hydrogens is 486 g/mol. The number of nitrogens with one attached hydrogen (secondary N) is 1. The minimum atomic E-state index is -2.19. The average molecular weight is 493 g/mol. The van der Waals surface area contributed by atoms with Crippen LogP contribution in [-0.2, 0) is 0 Å². The van der Waals surface area contributed by atoms with Crippen molar-refractivity contribution in [3.63, 3.8) is 0 Å². The van der Waals surface area contributed by atoms with E-state index in [4.69, 9.17) is 11.1 Å². The van der Waals surface area contributed by atoms with Crippen molar-refractivity contribution in [1.82, 2.24) is 5.32 Å². The van der Waals surface area contributed by atoms with Crippen LogP contribution in [0.25, 0.3) is 20.9 Å². The normalized spacial score (nSPS) is 10.4. The largest absolute Gasteiger partial charge is 0.352 e. The van der Waals surface area contributed by atoms with Crippen molar-refractivity contribution in [2.75, 3.05) is 6.54 Å². The van der Waals surface area contributed by atoms with Gasteiger partial charge in [-0.05, 0) is 17.5 Å². The van der Waals surface area contributed by atoms with Gasteiger partial charge in [-0.15, -0.1) is 0 Å².